The van der Waals surface area contributed by atoms with Gasteiger partial charge in [-0.05, 0) is 55.0 Å². The minimum atomic E-state index is -0.489. The van der Waals surface area contributed by atoms with Gasteiger partial charge >= 0.3 is 0 Å². The summed E-state index contributed by atoms with van der Waals surface area (Å²) in [5, 5.41) is 11.0. The summed E-state index contributed by atoms with van der Waals surface area (Å²) in [7, 11) is 0. The minimum Gasteiger partial charge on any atom is -0.392 e. The Hall–Kier alpha value is -3.52. The van der Waals surface area contributed by atoms with E-state index >= 15 is 0 Å². The molecular formula is C28H32N6O. The maximum Gasteiger partial charge on any atom is 0.0679 e. The van der Waals surface area contributed by atoms with Crippen molar-refractivity contribution in [1.29, 1.82) is 0 Å². The van der Waals surface area contributed by atoms with Gasteiger partial charge in [0.15, 0.2) is 0 Å². The van der Waals surface area contributed by atoms with Crippen LogP contribution in [0.4, 0.5) is 0 Å². The number of hydrogen-bond acceptors (Lipinski definition) is 7. The molecule has 0 bridgehead atoms. The lowest BCUT2D eigenvalue weighted by Crippen LogP contribution is -2.35. The van der Waals surface area contributed by atoms with E-state index in [2.05, 4.69) is 29.7 Å². The van der Waals surface area contributed by atoms with Crippen molar-refractivity contribution >= 4 is 0 Å². The van der Waals surface area contributed by atoms with Crippen LogP contribution in [-0.4, -0.2) is 54.0 Å². The normalized spacial score (nSPS) is 12.2. The molecule has 0 aliphatic rings. The Morgan fingerprint density at radius 2 is 0.914 bits per heavy atom. The molecule has 4 aromatic rings. The first-order valence-electron chi connectivity index (χ1n) is 12.0. The van der Waals surface area contributed by atoms with E-state index in [0.717, 1.165) is 29.3 Å². The van der Waals surface area contributed by atoms with E-state index in [0.29, 0.717) is 39.1 Å². The van der Waals surface area contributed by atoms with Gasteiger partial charge in [-0.1, -0.05) is 24.3 Å². The molecule has 1 unspecified atom stereocenters. The van der Waals surface area contributed by atoms with Crippen LogP contribution in [0, 0.1) is 0 Å². The van der Waals surface area contributed by atoms with Crippen LogP contribution in [0.3, 0.4) is 0 Å². The monoisotopic (exact) mass is 468 g/mol. The summed E-state index contributed by atoms with van der Waals surface area (Å²) in [6.07, 6.45) is 7.39. The molecule has 35 heavy (non-hydrogen) atoms. The van der Waals surface area contributed by atoms with Gasteiger partial charge in [0, 0.05) is 64.1 Å². The molecule has 4 rings (SSSR count). The first-order chi connectivity index (χ1) is 17.2. The maximum atomic E-state index is 11.0. The fourth-order valence-corrected chi connectivity index (χ4v) is 4.00. The number of hydrogen-bond donors (Lipinski definition) is 1. The second-order valence-corrected chi connectivity index (χ2v) is 8.61. The molecule has 1 atom stereocenters. The number of aliphatic hydroxyl groups excluding tert-OH is 1. The van der Waals surface area contributed by atoms with Crippen molar-refractivity contribution in [2.45, 2.75) is 38.7 Å². The minimum absolute atomic E-state index is 0.489. The summed E-state index contributed by atoms with van der Waals surface area (Å²) in [5.74, 6) is 0. The summed E-state index contributed by atoms with van der Waals surface area (Å²) >= 11 is 0. The zero-order valence-corrected chi connectivity index (χ0v) is 19.9. The quantitative estimate of drug-likeness (QED) is 0.320. The van der Waals surface area contributed by atoms with E-state index in [1.807, 2.05) is 85.2 Å². The molecule has 0 aliphatic heterocycles. The van der Waals surface area contributed by atoms with Crippen molar-refractivity contribution in [1.82, 2.24) is 29.7 Å². The Balaban J connectivity index is 1.38. The first kappa shape index (κ1) is 24.6. The molecule has 1 N–H and O–H groups in total. The largest absolute Gasteiger partial charge is 0.392 e. The second kappa shape index (κ2) is 13.4. The third kappa shape index (κ3) is 8.64. The van der Waals surface area contributed by atoms with E-state index < -0.39 is 6.10 Å². The summed E-state index contributed by atoms with van der Waals surface area (Å²) in [6, 6.07) is 23.8. The number of aliphatic hydroxyl groups is 1. The SMILES string of the molecule is OC(CCN(Cc1ccccn1)Cc1ccccn1)CN(Cc1ccccn1)Cc1ccccn1. The summed E-state index contributed by atoms with van der Waals surface area (Å²) < 4.78 is 0. The van der Waals surface area contributed by atoms with Crippen molar-refractivity contribution in [3.63, 3.8) is 0 Å². The van der Waals surface area contributed by atoms with Gasteiger partial charge in [0.25, 0.3) is 0 Å². The number of aromatic nitrogens is 4. The van der Waals surface area contributed by atoms with Crippen molar-refractivity contribution in [3.8, 4) is 0 Å². The molecule has 7 nitrogen and oxygen atoms in total. The molecule has 0 saturated carbocycles. The fourth-order valence-electron chi connectivity index (χ4n) is 4.00. The summed E-state index contributed by atoms with van der Waals surface area (Å²) in [5.41, 5.74) is 3.96. The van der Waals surface area contributed by atoms with Gasteiger partial charge in [0.2, 0.25) is 0 Å². The van der Waals surface area contributed by atoms with Gasteiger partial charge in [0.05, 0.1) is 28.9 Å². The molecule has 4 aromatic heterocycles. The third-order valence-electron chi connectivity index (χ3n) is 5.69. The van der Waals surface area contributed by atoms with Crippen molar-refractivity contribution in [2.75, 3.05) is 13.1 Å². The zero-order valence-electron chi connectivity index (χ0n) is 19.9. The number of nitrogens with zero attached hydrogens (tertiary/aromatic N) is 6. The molecule has 180 valence electrons. The second-order valence-electron chi connectivity index (χ2n) is 8.61. The molecule has 0 saturated heterocycles. The van der Waals surface area contributed by atoms with Crippen LogP contribution in [0.2, 0.25) is 0 Å². The molecule has 0 radical (unpaired) electrons. The average molecular weight is 469 g/mol. The topological polar surface area (TPSA) is 78.3 Å². The Morgan fingerprint density at radius 3 is 1.26 bits per heavy atom. The van der Waals surface area contributed by atoms with Gasteiger partial charge in [-0.25, -0.2) is 0 Å². The zero-order chi connectivity index (χ0) is 24.1. The van der Waals surface area contributed by atoms with Gasteiger partial charge in [-0.3, -0.25) is 29.7 Å². The van der Waals surface area contributed by atoms with E-state index in [1.54, 1.807) is 12.4 Å². The molecule has 7 heteroatoms. The summed E-state index contributed by atoms with van der Waals surface area (Å²) in [4.78, 5) is 22.4. The number of rotatable bonds is 13. The lowest BCUT2D eigenvalue weighted by Gasteiger charge is -2.27. The summed E-state index contributed by atoms with van der Waals surface area (Å²) in [6.45, 7) is 3.98. The van der Waals surface area contributed by atoms with Crippen molar-refractivity contribution in [3.05, 3.63) is 120 Å². The predicted octanol–water partition coefficient (Wildman–Crippen LogP) is 3.72. The molecular weight excluding hydrogens is 436 g/mol. The van der Waals surface area contributed by atoms with Crippen LogP contribution in [0.1, 0.15) is 29.2 Å². The van der Waals surface area contributed by atoms with Gasteiger partial charge in [-0.2, -0.15) is 0 Å². The first-order valence-corrected chi connectivity index (χ1v) is 12.0. The highest BCUT2D eigenvalue weighted by atomic mass is 16.3. The Morgan fingerprint density at radius 1 is 0.543 bits per heavy atom. The van der Waals surface area contributed by atoms with E-state index in [-0.39, 0.29) is 0 Å². The highest BCUT2D eigenvalue weighted by Gasteiger charge is 2.17. The Labute approximate surface area is 207 Å². The Kier molecular flexibility index (Phi) is 9.41. The lowest BCUT2D eigenvalue weighted by molar-refractivity contribution is 0.0827. The van der Waals surface area contributed by atoms with Gasteiger partial charge < -0.3 is 5.11 Å². The third-order valence-corrected chi connectivity index (χ3v) is 5.69. The average Bonchev–Trinajstić information content (AvgIpc) is 2.90. The van der Waals surface area contributed by atoms with Crippen LogP contribution >= 0.6 is 0 Å². The standard InChI is InChI=1S/C28H32N6O/c35-28(23-34(21-26-11-3-7-16-31-26)22-27-12-4-8-17-32-27)13-18-33(19-24-9-1-5-14-29-24)20-25-10-2-6-15-30-25/h1-12,14-17,28,35H,13,18-23H2. The molecule has 0 amide bonds. The van der Waals surface area contributed by atoms with Gasteiger partial charge in [-0.15, -0.1) is 0 Å². The lowest BCUT2D eigenvalue weighted by atomic mass is 10.2. The highest BCUT2D eigenvalue weighted by Crippen LogP contribution is 2.12. The number of pyridine rings is 4. The molecule has 4 heterocycles. The van der Waals surface area contributed by atoms with E-state index in [1.165, 1.54) is 0 Å². The van der Waals surface area contributed by atoms with E-state index in [4.69, 9.17) is 0 Å². The van der Waals surface area contributed by atoms with Crippen LogP contribution in [-0.2, 0) is 26.2 Å². The van der Waals surface area contributed by atoms with Crippen LogP contribution in [0.25, 0.3) is 0 Å². The van der Waals surface area contributed by atoms with Gasteiger partial charge in [0.1, 0.15) is 0 Å². The Bertz CT molecular complexity index is 1020. The van der Waals surface area contributed by atoms with Crippen molar-refractivity contribution < 1.29 is 5.11 Å². The maximum absolute atomic E-state index is 11.0. The molecule has 0 aromatic carbocycles. The molecule has 0 aliphatic carbocycles. The van der Waals surface area contributed by atoms with Crippen LogP contribution in [0.15, 0.2) is 97.6 Å². The van der Waals surface area contributed by atoms with Crippen molar-refractivity contribution in [2.24, 2.45) is 0 Å². The van der Waals surface area contributed by atoms with Crippen LogP contribution in [0.5, 0.6) is 0 Å². The fraction of sp³-hybridized carbons (Fsp3) is 0.286. The molecule has 0 spiro atoms. The van der Waals surface area contributed by atoms with E-state index in [9.17, 15) is 5.11 Å². The smallest absolute Gasteiger partial charge is 0.0679 e. The van der Waals surface area contributed by atoms with Crippen LogP contribution < -0.4 is 0 Å². The molecule has 0 fully saturated rings. The highest BCUT2D eigenvalue weighted by molar-refractivity contribution is 5.07. The predicted molar refractivity (Wildman–Crippen MR) is 136 cm³/mol.